The third-order valence-electron chi connectivity index (χ3n) is 3.86. The maximum absolute atomic E-state index is 12.0. The normalized spacial score (nSPS) is 19.4. The Morgan fingerprint density at radius 3 is 2.45 bits per heavy atom. The zero-order valence-electron chi connectivity index (χ0n) is 13.0. The van der Waals surface area contributed by atoms with E-state index in [0.29, 0.717) is 12.3 Å². The molecule has 0 bridgehead atoms. The maximum atomic E-state index is 12.0. The fraction of sp³-hybridized carbons (Fsp3) is 0.929. The number of nitrogens with two attached hydrogens (primary N) is 1. The van der Waals surface area contributed by atoms with E-state index in [1.165, 1.54) is 0 Å². The van der Waals surface area contributed by atoms with Gasteiger partial charge in [-0.1, -0.05) is 13.8 Å². The van der Waals surface area contributed by atoms with Crippen LogP contribution in [-0.4, -0.2) is 54.5 Å². The minimum Gasteiger partial charge on any atom is -0.342 e. The molecule has 0 aromatic heterocycles. The van der Waals surface area contributed by atoms with Gasteiger partial charge in [0.15, 0.2) is 0 Å². The van der Waals surface area contributed by atoms with Gasteiger partial charge >= 0.3 is 0 Å². The Morgan fingerprint density at radius 1 is 1.35 bits per heavy atom. The van der Waals surface area contributed by atoms with E-state index in [1.807, 2.05) is 11.8 Å². The van der Waals surface area contributed by atoms with E-state index in [1.54, 1.807) is 0 Å². The Balaban J connectivity index is 0. The molecular formula is C14H31Cl2N3O. The lowest BCUT2D eigenvalue weighted by Gasteiger charge is -2.22. The van der Waals surface area contributed by atoms with Gasteiger partial charge in [-0.2, -0.15) is 0 Å². The van der Waals surface area contributed by atoms with Crippen LogP contribution in [0.5, 0.6) is 0 Å². The first-order valence-electron chi connectivity index (χ1n) is 7.32. The van der Waals surface area contributed by atoms with Crippen LogP contribution in [0.1, 0.15) is 40.0 Å². The van der Waals surface area contributed by atoms with Crippen LogP contribution < -0.4 is 5.73 Å². The Morgan fingerprint density at radius 2 is 1.95 bits per heavy atom. The summed E-state index contributed by atoms with van der Waals surface area (Å²) in [6.07, 6.45) is 2.56. The number of hydrogen-bond acceptors (Lipinski definition) is 3. The van der Waals surface area contributed by atoms with Gasteiger partial charge in [-0.15, -0.1) is 24.8 Å². The summed E-state index contributed by atoms with van der Waals surface area (Å²) < 4.78 is 0. The number of halogens is 2. The zero-order valence-corrected chi connectivity index (χ0v) is 14.6. The number of hydrogen-bond donors (Lipinski definition) is 1. The van der Waals surface area contributed by atoms with Crippen LogP contribution in [0, 0.1) is 5.92 Å². The van der Waals surface area contributed by atoms with Crippen molar-refractivity contribution in [2.75, 3.05) is 32.7 Å². The lowest BCUT2D eigenvalue weighted by molar-refractivity contribution is -0.130. The Kier molecular flexibility index (Phi) is 12.9. The van der Waals surface area contributed by atoms with Gasteiger partial charge in [-0.3, -0.25) is 4.79 Å². The summed E-state index contributed by atoms with van der Waals surface area (Å²) in [7, 11) is 0. The summed E-state index contributed by atoms with van der Waals surface area (Å²) in [6.45, 7) is 11.6. The lowest BCUT2D eigenvalue weighted by Crippen LogP contribution is -2.33. The minimum atomic E-state index is 0. The summed E-state index contributed by atoms with van der Waals surface area (Å²) >= 11 is 0. The van der Waals surface area contributed by atoms with Crippen LogP contribution in [0.2, 0.25) is 0 Å². The number of rotatable bonds is 7. The number of amides is 1. The average molecular weight is 328 g/mol. The highest BCUT2D eigenvalue weighted by atomic mass is 35.5. The second-order valence-electron chi connectivity index (χ2n) is 5.50. The van der Waals surface area contributed by atoms with Crippen molar-refractivity contribution >= 4 is 30.7 Å². The van der Waals surface area contributed by atoms with E-state index in [9.17, 15) is 4.79 Å². The summed E-state index contributed by atoms with van der Waals surface area (Å²) in [4.78, 5) is 16.4. The minimum absolute atomic E-state index is 0. The van der Waals surface area contributed by atoms with Crippen LogP contribution in [0.25, 0.3) is 0 Å². The SMILES string of the molecule is CCN(CC)CC1CCN(C(=O)CCC(C)N)C1.Cl.Cl. The predicted molar refractivity (Wildman–Crippen MR) is 89.9 cm³/mol. The Hall–Kier alpha value is -0.0300. The van der Waals surface area contributed by atoms with Crippen molar-refractivity contribution in [3.8, 4) is 0 Å². The van der Waals surface area contributed by atoms with Crippen LogP contribution in [-0.2, 0) is 4.79 Å². The molecule has 0 aromatic carbocycles. The molecule has 1 heterocycles. The highest BCUT2D eigenvalue weighted by Crippen LogP contribution is 2.18. The quantitative estimate of drug-likeness (QED) is 0.779. The third-order valence-corrected chi connectivity index (χ3v) is 3.86. The molecule has 1 amide bonds. The molecule has 1 aliphatic heterocycles. The monoisotopic (exact) mass is 327 g/mol. The topological polar surface area (TPSA) is 49.6 Å². The molecule has 0 aromatic rings. The van der Waals surface area contributed by atoms with Gasteiger partial charge < -0.3 is 15.5 Å². The van der Waals surface area contributed by atoms with E-state index >= 15 is 0 Å². The molecule has 0 saturated carbocycles. The van der Waals surface area contributed by atoms with Crippen LogP contribution in [0.4, 0.5) is 0 Å². The van der Waals surface area contributed by atoms with Crippen molar-refractivity contribution < 1.29 is 4.79 Å². The van der Waals surface area contributed by atoms with Crippen molar-refractivity contribution in [3.05, 3.63) is 0 Å². The van der Waals surface area contributed by atoms with E-state index in [-0.39, 0.29) is 36.8 Å². The number of likely N-dealkylation sites (tertiary alicyclic amines) is 1. The standard InChI is InChI=1S/C14H29N3O.2ClH/c1-4-16(5-2)10-13-8-9-17(11-13)14(18)7-6-12(3)15;;/h12-13H,4-11,15H2,1-3H3;2*1H. The van der Waals surface area contributed by atoms with Crippen molar-refractivity contribution in [2.24, 2.45) is 11.7 Å². The first kappa shape index (κ1) is 22.3. The number of carbonyl (C=O) groups excluding carboxylic acids is 1. The maximum Gasteiger partial charge on any atom is 0.222 e. The van der Waals surface area contributed by atoms with Crippen LogP contribution in [0.3, 0.4) is 0 Å². The van der Waals surface area contributed by atoms with Gasteiger partial charge in [0.1, 0.15) is 0 Å². The molecule has 1 rings (SSSR count). The molecule has 6 heteroatoms. The van der Waals surface area contributed by atoms with Gasteiger partial charge in [0.2, 0.25) is 5.91 Å². The number of nitrogens with zero attached hydrogens (tertiary/aromatic N) is 2. The lowest BCUT2D eigenvalue weighted by atomic mass is 10.1. The van der Waals surface area contributed by atoms with E-state index < -0.39 is 0 Å². The summed E-state index contributed by atoms with van der Waals surface area (Å²) in [5, 5.41) is 0. The van der Waals surface area contributed by atoms with E-state index in [4.69, 9.17) is 5.73 Å². The Bertz CT molecular complexity index is 261. The summed E-state index contributed by atoms with van der Waals surface area (Å²) in [6, 6.07) is 0.128. The molecule has 2 N–H and O–H groups in total. The molecule has 20 heavy (non-hydrogen) atoms. The van der Waals surface area contributed by atoms with E-state index in [0.717, 1.165) is 45.6 Å². The van der Waals surface area contributed by atoms with E-state index in [2.05, 4.69) is 18.7 Å². The summed E-state index contributed by atoms with van der Waals surface area (Å²) in [5.74, 6) is 0.943. The third kappa shape index (κ3) is 7.67. The molecule has 0 aliphatic carbocycles. The zero-order chi connectivity index (χ0) is 13.5. The largest absolute Gasteiger partial charge is 0.342 e. The van der Waals surface area contributed by atoms with Gasteiger partial charge in [0, 0.05) is 32.1 Å². The van der Waals surface area contributed by atoms with Crippen LogP contribution in [0.15, 0.2) is 0 Å². The molecule has 4 nitrogen and oxygen atoms in total. The first-order valence-corrected chi connectivity index (χ1v) is 7.32. The highest BCUT2D eigenvalue weighted by molar-refractivity contribution is 5.85. The van der Waals surface area contributed by atoms with Crippen molar-refractivity contribution in [1.82, 2.24) is 9.80 Å². The van der Waals surface area contributed by atoms with Crippen LogP contribution >= 0.6 is 24.8 Å². The fourth-order valence-electron chi connectivity index (χ4n) is 2.56. The van der Waals surface area contributed by atoms with Gasteiger partial charge in [0.05, 0.1) is 0 Å². The molecule has 0 spiro atoms. The molecule has 2 atom stereocenters. The fourth-order valence-corrected chi connectivity index (χ4v) is 2.56. The summed E-state index contributed by atoms with van der Waals surface area (Å²) in [5.41, 5.74) is 5.69. The van der Waals surface area contributed by atoms with Crippen molar-refractivity contribution in [2.45, 2.75) is 46.1 Å². The molecule has 0 radical (unpaired) electrons. The predicted octanol–water partition coefficient (Wildman–Crippen LogP) is 2.15. The van der Waals surface area contributed by atoms with Crippen molar-refractivity contribution in [3.63, 3.8) is 0 Å². The first-order chi connectivity index (χ1) is 8.56. The molecule has 1 aliphatic rings. The number of carbonyl (C=O) groups is 1. The average Bonchev–Trinajstić information content (AvgIpc) is 2.81. The van der Waals surface area contributed by atoms with Gasteiger partial charge in [-0.25, -0.2) is 0 Å². The van der Waals surface area contributed by atoms with Gasteiger partial charge in [0.25, 0.3) is 0 Å². The highest BCUT2D eigenvalue weighted by Gasteiger charge is 2.26. The Labute approximate surface area is 136 Å². The second kappa shape index (κ2) is 11.6. The molecule has 2 unspecified atom stereocenters. The molecule has 122 valence electrons. The molecule has 1 fully saturated rings. The smallest absolute Gasteiger partial charge is 0.222 e. The molecular weight excluding hydrogens is 297 g/mol. The molecule has 1 saturated heterocycles. The van der Waals surface area contributed by atoms with Gasteiger partial charge in [-0.05, 0) is 38.8 Å². The van der Waals surface area contributed by atoms with Crippen molar-refractivity contribution in [1.29, 1.82) is 0 Å². The second-order valence-corrected chi connectivity index (χ2v) is 5.50.